The van der Waals surface area contributed by atoms with Gasteiger partial charge in [0.25, 0.3) is 0 Å². The van der Waals surface area contributed by atoms with Crippen molar-refractivity contribution in [3.05, 3.63) is 131 Å². The van der Waals surface area contributed by atoms with E-state index < -0.39 is 17.3 Å². The van der Waals surface area contributed by atoms with Crippen molar-refractivity contribution >= 4 is 27.5 Å². The van der Waals surface area contributed by atoms with E-state index in [9.17, 15) is 9.90 Å². The molecule has 0 aromatic heterocycles. The van der Waals surface area contributed by atoms with Crippen LogP contribution in [0.1, 0.15) is 35.1 Å². The second kappa shape index (κ2) is 8.22. The molecule has 5 aromatic rings. The highest BCUT2D eigenvalue weighted by atomic mass is 16.4. The van der Waals surface area contributed by atoms with Gasteiger partial charge in [0.1, 0.15) is 5.41 Å². The Hall–Kier alpha value is -3.91. The average molecular weight is 431 g/mol. The topological polar surface area (TPSA) is 37.3 Å². The van der Waals surface area contributed by atoms with Gasteiger partial charge in [-0.1, -0.05) is 115 Å². The van der Waals surface area contributed by atoms with Gasteiger partial charge in [0, 0.05) is 5.92 Å². The monoisotopic (exact) mass is 430 g/mol. The Morgan fingerprint density at radius 2 is 1.12 bits per heavy atom. The first-order valence-electron chi connectivity index (χ1n) is 11.3. The first-order chi connectivity index (χ1) is 16.0. The van der Waals surface area contributed by atoms with Crippen molar-refractivity contribution in [1.82, 2.24) is 0 Å². The molecule has 33 heavy (non-hydrogen) atoms. The van der Waals surface area contributed by atoms with Gasteiger partial charge in [-0.15, -0.1) is 0 Å². The quantitative estimate of drug-likeness (QED) is 0.314. The smallest absolute Gasteiger partial charge is 0.314 e. The lowest BCUT2D eigenvalue weighted by atomic mass is 9.64. The van der Waals surface area contributed by atoms with Gasteiger partial charge >= 0.3 is 5.97 Å². The Morgan fingerprint density at radius 1 is 0.667 bits per heavy atom. The third-order valence-corrected chi connectivity index (χ3v) is 6.94. The number of carboxylic acids is 1. The Morgan fingerprint density at radius 3 is 1.61 bits per heavy atom. The van der Waals surface area contributed by atoms with Crippen LogP contribution in [0.25, 0.3) is 21.5 Å². The SMILES string of the molecule is Cc1ccc(C(C)(C(=O)O)C(c2cccc3ccccc23)c2cccc3ccccc23)cc1. The number of rotatable bonds is 5. The minimum absolute atomic E-state index is 0.394. The Bertz CT molecular complexity index is 1380. The van der Waals surface area contributed by atoms with Crippen LogP contribution in [-0.2, 0) is 10.2 Å². The first kappa shape index (κ1) is 21.0. The largest absolute Gasteiger partial charge is 0.481 e. The normalized spacial score (nSPS) is 13.3. The molecule has 0 saturated heterocycles. The Balaban J connectivity index is 1.90. The van der Waals surface area contributed by atoms with Crippen molar-refractivity contribution in [3.63, 3.8) is 0 Å². The zero-order valence-corrected chi connectivity index (χ0v) is 18.8. The lowest BCUT2D eigenvalue weighted by Gasteiger charge is -2.36. The number of carboxylic acid groups (broad SMARTS) is 1. The predicted molar refractivity (Wildman–Crippen MR) is 136 cm³/mol. The number of hydrogen-bond acceptors (Lipinski definition) is 1. The molecule has 1 N–H and O–H groups in total. The maximum absolute atomic E-state index is 13.2. The van der Waals surface area contributed by atoms with E-state index in [-0.39, 0.29) is 0 Å². The summed E-state index contributed by atoms with van der Waals surface area (Å²) >= 11 is 0. The molecular formula is C31H26O2. The number of fused-ring (bicyclic) bond motifs is 2. The number of aryl methyl sites for hydroxylation is 1. The molecule has 0 radical (unpaired) electrons. The zero-order chi connectivity index (χ0) is 23.0. The summed E-state index contributed by atoms with van der Waals surface area (Å²) in [4.78, 5) is 13.2. The summed E-state index contributed by atoms with van der Waals surface area (Å²) in [7, 11) is 0. The van der Waals surface area contributed by atoms with Gasteiger partial charge in [-0.3, -0.25) is 4.79 Å². The van der Waals surface area contributed by atoms with E-state index >= 15 is 0 Å². The van der Waals surface area contributed by atoms with Crippen LogP contribution in [-0.4, -0.2) is 11.1 Å². The first-order valence-corrected chi connectivity index (χ1v) is 11.3. The average Bonchev–Trinajstić information content (AvgIpc) is 2.84. The molecule has 0 fully saturated rings. The van der Waals surface area contributed by atoms with E-state index in [4.69, 9.17) is 0 Å². The van der Waals surface area contributed by atoms with E-state index in [0.29, 0.717) is 0 Å². The van der Waals surface area contributed by atoms with Crippen molar-refractivity contribution in [3.8, 4) is 0 Å². The highest BCUT2D eigenvalue weighted by molar-refractivity contribution is 5.94. The number of aliphatic carboxylic acids is 1. The summed E-state index contributed by atoms with van der Waals surface area (Å²) in [5.41, 5.74) is 2.77. The van der Waals surface area contributed by atoms with Crippen LogP contribution in [0.15, 0.2) is 109 Å². The summed E-state index contributed by atoms with van der Waals surface area (Å²) < 4.78 is 0. The molecule has 2 nitrogen and oxygen atoms in total. The maximum Gasteiger partial charge on any atom is 0.314 e. The van der Waals surface area contributed by atoms with E-state index in [1.54, 1.807) is 0 Å². The van der Waals surface area contributed by atoms with Crippen LogP contribution < -0.4 is 0 Å². The third kappa shape index (κ3) is 3.48. The molecule has 162 valence electrons. The summed E-state index contributed by atoms with van der Waals surface area (Å²) in [5.74, 6) is -1.23. The molecule has 1 atom stereocenters. The van der Waals surface area contributed by atoms with Crippen LogP contribution in [0.4, 0.5) is 0 Å². The predicted octanol–water partition coefficient (Wildman–Crippen LogP) is 7.48. The van der Waals surface area contributed by atoms with Crippen LogP contribution in [0, 0.1) is 6.92 Å². The van der Waals surface area contributed by atoms with Crippen molar-refractivity contribution in [2.24, 2.45) is 0 Å². The van der Waals surface area contributed by atoms with E-state index in [0.717, 1.165) is 43.8 Å². The summed E-state index contributed by atoms with van der Waals surface area (Å²) in [6.45, 7) is 3.89. The lowest BCUT2D eigenvalue weighted by molar-refractivity contribution is -0.143. The molecule has 0 aliphatic carbocycles. The number of benzene rings is 5. The van der Waals surface area contributed by atoms with Gasteiger partial charge < -0.3 is 5.11 Å². The molecule has 0 aliphatic heterocycles. The summed E-state index contributed by atoms with van der Waals surface area (Å²) in [6, 6.07) is 36.8. The van der Waals surface area contributed by atoms with Crippen molar-refractivity contribution in [2.75, 3.05) is 0 Å². The van der Waals surface area contributed by atoms with Crippen LogP contribution >= 0.6 is 0 Å². The highest BCUT2D eigenvalue weighted by Crippen LogP contribution is 2.47. The van der Waals surface area contributed by atoms with Gasteiger partial charge in [-0.05, 0) is 52.1 Å². The van der Waals surface area contributed by atoms with Crippen LogP contribution in [0.2, 0.25) is 0 Å². The molecule has 0 aliphatic rings. The molecule has 0 amide bonds. The van der Waals surface area contributed by atoms with Gasteiger partial charge in [0.05, 0.1) is 0 Å². The van der Waals surface area contributed by atoms with E-state index in [1.807, 2.05) is 74.5 Å². The van der Waals surface area contributed by atoms with E-state index in [1.165, 1.54) is 0 Å². The third-order valence-electron chi connectivity index (χ3n) is 6.94. The maximum atomic E-state index is 13.2. The fraction of sp³-hybridized carbons (Fsp3) is 0.129. The summed E-state index contributed by atoms with van der Waals surface area (Å²) in [5, 5.41) is 15.2. The summed E-state index contributed by atoms with van der Waals surface area (Å²) in [6.07, 6.45) is 0. The molecule has 5 rings (SSSR count). The molecule has 1 unspecified atom stereocenters. The molecule has 5 aromatic carbocycles. The second-order valence-corrected chi connectivity index (χ2v) is 8.94. The van der Waals surface area contributed by atoms with Crippen LogP contribution in [0.5, 0.6) is 0 Å². The molecule has 2 heteroatoms. The number of hydrogen-bond donors (Lipinski definition) is 1. The van der Waals surface area contributed by atoms with Gasteiger partial charge in [-0.2, -0.15) is 0 Å². The van der Waals surface area contributed by atoms with E-state index in [2.05, 4.69) is 48.5 Å². The van der Waals surface area contributed by atoms with Gasteiger partial charge in [-0.25, -0.2) is 0 Å². The van der Waals surface area contributed by atoms with Crippen molar-refractivity contribution < 1.29 is 9.90 Å². The molecule has 0 heterocycles. The lowest BCUT2D eigenvalue weighted by Crippen LogP contribution is -2.39. The van der Waals surface area contributed by atoms with Crippen LogP contribution in [0.3, 0.4) is 0 Å². The Labute approximate surface area is 194 Å². The van der Waals surface area contributed by atoms with Gasteiger partial charge in [0.15, 0.2) is 0 Å². The Kier molecular flexibility index (Phi) is 5.22. The molecule has 0 spiro atoms. The highest BCUT2D eigenvalue weighted by Gasteiger charge is 2.45. The minimum atomic E-state index is -1.18. The zero-order valence-electron chi connectivity index (χ0n) is 18.8. The number of carbonyl (C=O) groups is 1. The van der Waals surface area contributed by atoms with Gasteiger partial charge in [0.2, 0.25) is 0 Å². The molecular weight excluding hydrogens is 404 g/mol. The van der Waals surface area contributed by atoms with Crippen molar-refractivity contribution in [1.29, 1.82) is 0 Å². The fourth-order valence-electron chi connectivity index (χ4n) is 5.11. The standard InChI is InChI=1S/C31H26O2/c1-21-17-19-24(20-18-21)31(2,30(32)33)29(27-15-7-11-22-9-3-5-13-25(22)27)28-16-8-12-23-10-4-6-14-26(23)28/h3-20,29H,1-2H3,(H,32,33). The molecule has 0 saturated carbocycles. The second-order valence-electron chi connectivity index (χ2n) is 8.94. The minimum Gasteiger partial charge on any atom is -0.481 e. The fourth-order valence-corrected chi connectivity index (χ4v) is 5.11. The molecule has 0 bridgehead atoms. The van der Waals surface area contributed by atoms with Crippen molar-refractivity contribution in [2.45, 2.75) is 25.2 Å².